The highest BCUT2D eigenvalue weighted by molar-refractivity contribution is 4.96. The van der Waals surface area contributed by atoms with Crippen LogP contribution in [0.5, 0.6) is 0 Å². The maximum atomic E-state index is 5.96. The Morgan fingerprint density at radius 2 is 2.50 bits per heavy atom. The van der Waals surface area contributed by atoms with Gasteiger partial charge in [-0.2, -0.15) is 0 Å². The van der Waals surface area contributed by atoms with Gasteiger partial charge in [-0.25, -0.2) is 0 Å². The zero-order chi connectivity index (χ0) is 11.4. The predicted octanol–water partition coefficient (Wildman–Crippen LogP) is 0.851. The first-order valence-electron chi connectivity index (χ1n) is 6.37. The molecule has 2 fully saturated rings. The number of hydrogen-bond donors (Lipinski definition) is 1. The van der Waals surface area contributed by atoms with Gasteiger partial charge in [0.15, 0.2) is 0 Å². The lowest BCUT2D eigenvalue weighted by Crippen LogP contribution is -2.54. The molecule has 3 heteroatoms. The lowest BCUT2D eigenvalue weighted by molar-refractivity contribution is -0.0635. The second kappa shape index (κ2) is 5.67. The minimum Gasteiger partial charge on any atom is -0.374 e. The van der Waals surface area contributed by atoms with Gasteiger partial charge >= 0.3 is 0 Å². The Balaban J connectivity index is 1.90. The van der Waals surface area contributed by atoms with E-state index in [1.54, 1.807) is 0 Å². The molecule has 2 heterocycles. The molecule has 0 spiro atoms. The van der Waals surface area contributed by atoms with Gasteiger partial charge in [0.25, 0.3) is 0 Å². The van der Waals surface area contributed by atoms with Gasteiger partial charge in [-0.1, -0.05) is 6.92 Å². The Morgan fingerprint density at radius 3 is 3.25 bits per heavy atom. The molecule has 0 bridgehead atoms. The van der Waals surface area contributed by atoms with E-state index in [2.05, 4.69) is 23.1 Å². The zero-order valence-electron chi connectivity index (χ0n) is 10.1. The van der Waals surface area contributed by atoms with Crippen molar-refractivity contribution in [1.29, 1.82) is 0 Å². The monoisotopic (exact) mass is 222 g/mol. The van der Waals surface area contributed by atoms with Gasteiger partial charge in [0.1, 0.15) is 0 Å². The molecule has 0 amide bonds. The van der Waals surface area contributed by atoms with Crippen molar-refractivity contribution in [3.05, 3.63) is 0 Å². The predicted molar refractivity (Wildman–Crippen MR) is 65.2 cm³/mol. The molecular weight excluding hydrogens is 200 g/mol. The van der Waals surface area contributed by atoms with Crippen LogP contribution >= 0.6 is 0 Å². The van der Waals surface area contributed by atoms with Crippen molar-refractivity contribution in [2.75, 3.05) is 26.2 Å². The molecule has 2 aliphatic rings. The summed E-state index contributed by atoms with van der Waals surface area (Å²) in [6, 6.07) is 0.987. The van der Waals surface area contributed by atoms with Crippen molar-refractivity contribution in [2.45, 2.75) is 44.4 Å². The zero-order valence-corrected chi connectivity index (χ0v) is 10.1. The van der Waals surface area contributed by atoms with Gasteiger partial charge in [0, 0.05) is 25.0 Å². The molecule has 0 aromatic carbocycles. The normalized spacial score (nSPS) is 32.0. The molecule has 2 saturated heterocycles. The number of ether oxygens (including phenoxy) is 1. The number of fused-ring (bicyclic) bond motifs is 1. The fourth-order valence-electron chi connectivity index (χ4n) is 2.81. The number of rotatable bonds is 4. The van der Waals surface area contributed by atoms with Crippen LogP contribution < -0.4 is 5.32 Å². The summed E-state index contributed by atoms with van der Waals surface area (Å²) < 4.78 is 5.96. The van der Waals surface area contributed by atoms with Crippen LogP contribution in [0, 0.1) is 12.3 Å². The van der Waals surface area contributed by atoms with E-state index in [0.29, 0.717) is 12.1 Å². The average Bonchev–Trinajstić information content (AvgIpc) is 2.75. The number of nitrogens with zero attached hydrogens (tertiary/aromatic N) is 1. The Kier molecular flexibility index (Phi) is 4.22. The minimum absolute atomic E-state index is 0.269. The quantitative estimate of drug-likeness (QED) is 0.714. The Labute approximate surface area is 98.5 Å². The number of morpholine rings is 1. The fraction of sp³-hybridized carbons (Fsp3) is 0.846. The third-order valence-electron chi connectivity index (χ3n) is 3.67. The molecule has 0 aromatic rings. The van der Waals surface area contributed by atoms with Gasteiger partial charge in [-0.15, -0.1) is 12.3 Å². The van der Waals surface area contributed by atoms with E-state index in [0.717, 1.165) is 26.1 Å². The second-order valence-electron chi connectivity index (χ2n) is 4.74. The van der Waals surface area contributed by atoms with Gasteiger partial charge in [-0.3, -0.25) is 4.90 Å². The van der Waals surface area contributed by atoms with E-state index in [1.165, 1.54) is 19.4 Å². The molecule has 3 nitrogen and oxygen atoms in total. The molecule has 0 aliphatic carbocycles. The first kappa shape index (κ1) is 11.9. The minimum atomic E-state index is 0.269. The lowest BCUT2D eigenvalue weighted by atomic mass is 10.0. The highest BCUT2D eigenvalue weighted by Gasteiger charge is 2.35. The summed E-state index contributed by atoms with van der Waals surface area (Å²) in [6.07, 6.45) is 9.06. The van der Waals surface area contributed by atoms with E-state index in [-0.39, 0.29) is 6.10 Å². The van der Waals surface area contributed by atoms with E-state index in [1.807, 2.05) is 0 Å². The van der Waals surface area contributed by atoms with E-state index in [4.69, 9.17) is 11.2 Å². The Morgan fingerprint density at radius 1 is 1.62 bits per heavy atom. The summed E-state index contributed by atoms with van der Waals surface area (Å²) in [5.41, 5.74) is 0. The average molecular weight is 222 g/mol. The van der Waals surface area contributed by atoms with Crippen LogP contribution in [-0.2, 0) is 4.74 Å². The molecule has 90 valence electrons. The van der Waals surface area contributed by atoms with Gasteiger partial charge in [0.05, 0.1) is 12.7 Å². The highest BCUT2D eigenvalue weighted by Crippen LogP contribution is 2.24. The van der Waals surface area contributed by atoms with Crippen LogP contribution in [0.25, 0.3) is 0 Å². The maximum Gasteiger partial charge on any atom is 0.0864 e. The molecule has 3 unspecified atom stereocenters. The summed E-state index contributed by atoms with van der Waals surface area (Å²) >= 11 is 0. The summed E-state index contributed by atoms with van der Waals surface area (Å²) in [5.74, 6) is 2.75. The molecule has 2 aliphatic heterocycles. The van der Waals surface area contributed by atoms with Gasteiger partial charge in [0.2, 0.25) is 0 Å². The molecular formula is C13H22N2O. The maximum absolute atomic E-state index is 5.96. The molecule has 16 heavy (non-hydrogen) atoms. The lowest BCUT2D eigenvalue weighted by Gasteiger charge is -2.38. The smallest absolute Gasteiger partial charge is 0.0864 e. The molecule has 0 aromatic heterocycles. The summed E-state index contributed by atoms with van der Waals surface area (Å²) in [7, 11) is 0. The molecule has 0 radical (unpaired) electrons. The van der Waals surface area contributed by atoms with Crippen molar-refractivity contribution in [1.82, 2.24) is 10.2 Å². The molecule has 1 N–H and O–H groups in total. The van der Waals surface area contributed by atoms with Crippen molar-refractivity contribution in [3.63, 3.8) is 0 Å². The SMILES string of the molecule is C#CCC(NCC)C1CN2CCCC2CO1. The largest absolute Gasteiger partial charge is 0.374 e. The topological polar surface area (TPSA) is 24.5 Å². The number of likely N-dealkylation sites (N-methyl/N-ethyl adjacent to an activating group) is 1. The number of terminal acetylenes is 1. The third-order valence-corrected chi connectivity index (χ3v) is 3.67. The standard InChI is InChI=1S/C13H22N2O/c1-3-6-12(14-4-2)13-9-15-8-5-7-11(15)10-16-13/h1,11-14H,4-10H2,2H3. The van der Waals surface area contributed by atoms with Crippen LogP contribution in [0.15, 0.2) is 0 Å². The fourth-order valence-corrected chi connectivity index (χ4v) is 2.81. The van der Waals surface area contributed by atoms with Crippen LogP contribution in [-0.4, -0.2) is 49.3 Å². The van der Waals surface area contributed by atoms with Crippen molar-refractivity contribution >= 4 is 0 Å². The molecule has 3 atom stereocenters. The first-order chi connectivity index (χ1) is 7.85. The second-order valence-corrected chi connectivity index (χ2v) is 4.74. The van der Waals surface area contributed by atoms with E-state index >= 15 is 0 Å². The molecule has 2 rings (SSSR count). The first-order valence-corrected chi connectivity index (χ1v) is 6.37. The van der Waals surface area contributed by atoms with Gasteiger partial charge in [-0.05, 0) is 25.9 Å². The summed E-state index contributed by atoms with van der Waals surface area (Å²) in [6.45, 7) is 6.24. The van der Waals surface area contributed by atoms with Crippen molar-refractivity contribution in [3.8, 4) is 12.3 Å². The summed E-state index contributed by atoms with van der Waals surface area (Å²) in [5, 5.41) is 3.44. The van der Waals surface area contributed by atoms with Crippen molar-refractivity contribution in [2.24, 2.45) is 0 Å². The van der Waals surface area contributed by atoms with E-state index in [9.17, 15) is 0 Å². The Hall–Kier alpha value is -0.560. The van der Waals surface area contributed by atoms with E-state index < -0.39 is 0 Å². The van der Waals surface area contributed by atoms with Gasteiger partial charge < -0.3 is 10.1 Å². The van der Waals surface area contributed by atoms with Crippen LogP contribution in [0.1, 0.15) is 26.2 Å². The molecule has 0 saturated carbocycles. The van der Waals surface area contributed by atoms with Crippen molar-refractivity contribution < 1.29 is 4.74 Å². The van der Waals surface area contributed by atoms with Crippen LogP contribution in [0.2, 0.25) is 0 Å². The third kappa shape index (κ3) is 2.57. The number of nitrogens with one attached hydrogen (secondary N) is 1. The highest BCUT2D eigenvalue weighted by atomic mass is 16.5. The number of hydrogen-bond acceptors (Lipinski definition) is 3. The summed E-state index contributed by atoms with van der Waals surface area (Å²) in [4.78, 5) is 2.56. The van der Waals surface area contributed by atoms with Crippen LogP contribution in [0.4, 0.5) is 0 Å². The Bertz CT molecular complexity index is 261. The van der Waals surface area contributed by atoms with Crippen LogP contribution in [0.3, 0.4) is 0 Å².